The predicted octanol–water partition coefficient (Wildman–Crippen LogP) is 0.455. The molecule has 0 atom stereocenters. The molecule has 1 aromatic carbocycles. The molecular formula is C16H17N5O3. The number of nitrogens with one attached hydrogen (secondary N) is 1. The Hall–Kier alpha value is -3.16. The molecule has 0 aliphatic rings. The average molecular weight is 327 g/mol. The summed E-state index contributed by atoms with van der Waals surface area (Å²) in [7, 11) is 3.29. The molecule has 0 saturated carbocycles. The van der Waals surface area contributed by atoms with E-state index >= 15 is 0 Å². The first-order chi connectivity index (χ1) is 11.6. The lowest BCUT2D eigenvalue weighted by atomic mass is 10.2. The van der Waals surface area contributed by atoms with Crippen LogP contribution in [-0.4, -0.2) is 32.3 Å². The summed E-state index contributed by atoms with van der Waals surface area (Å²) < 4.78 is 8.02. The van der Waals surface area contributed by atoms with E-state index in [1.165, 1.54) is 21.8 Å². The number of aryl methyl sites for hydroxylation is 1. The van der Waals surface area contributed by atoms with Crippen molar-refractivity contribution in [2.24, 2.45) is 7.05 Å². The fourth-order valence-corrected chi connectivity index (χ4v) is 2.43. The minimum Gasteiger partial charge on any atom is -0.496 e. The summed E-state index contributed by atoms with van der Waals surface area (Å²) in [5, 5.41) is 7.16. The molecule has 124 valence electrons. The maximum absolute atomic E-state index is 12.3. The third-order valence-electron chi connectivity index (χ3n) is 3.70. The molecule has 0 unspecified atom stereocenters. The van der Waals surface area contributed by atoms with Crippen LogP contribution in [0.5, 0.6) is 5.75 Å². The number of carbonyl (C=O) groups is 1. The smallest absolute Gasteiger partial charge is 0.264 e. The molecule has 1 amide bonds. The molecule has 8 nitrogen and oxygen atoms in total. The Balaban J connectivity index is 1.71. The van der Waals surface area contributed by atoms with Crippen molar-refractivity contribution in [3.8, 4) is 5.75 Å². The summed E-state index contributed by atoms with van der Waals surface area (Å²) >= 11 is 0. The van der Waals surface area contributed by atoms with Crippen molar-refractivity contribution in [1.29, 1.82) is 0 Å². The van der Waals surface area contributed by atoms with Gasteiger partial charge in [-0.15, -0.1) is 0 Å². The number of aromatic nitrogens is 4. The van der Waals surface area contributed by atoms with Crippen LogP contribution in [-0.2, 0) is 24.9 Å². The number of methoxy groups -OCH3 is 1. The van der Waals surface area contributed by atoms with Crippen LogP contribution < -0.4 is 15.6 Å². The van der Waals surface area contributed by atoms with Gasteiger partial charge in [-0.25, -0.2) is 4.98 Å². The maximum atomic E-state index is 12.3. The topological polar surface area (TPSA) is 91.0 Å². The molecule has 0 radical (unpaired) electrons. The number of benzene rings is 1. The molecule has 0 bridgehead atoms. The molecule has 0 spiro atoms. The van der Waals surface area contributed by atoms with Gasteiger partial charge in [0, 0.05) is 19.2 Å². The first kappa shape index (κ1) is 15.7. The number of ether oxygens (including phenoxy) is 1. The van der Waals surface area contributed by atoms with Crippen LogP contribution in [0.1, 0.15) is 5.56 Å². The first-order valence-corrected chi connectivity index (χ1v) is 7.36. The van der Waals surface area contributed by atoms with Crippen LogP contribution in [0.2, 0.25) is 0 Å². The van der Waals surface area contributed by atoms with Gasteiger partial charge in [0.25, 0.3) is 5.56 Å². The quantitative estimate of drug-likeness (QED) is 0.735. The molecule has 0 aliphatic heterocycles. The average Bonchev–Trinajstić information content (AvgIpc) is 2.97. The van der Waals surface area contributed by atoms with Gasteiger partial charge in [0.05, 0.1) is 13.3 Å². The number of fused-ring (bicyclic) bond motifs is 1. The van der Waals surface area contributed by atoms with Gasteiger partial charge in [0.1, 0.15) is 24.0 Å². The lowest BCUT2D eigenvalue weighted by Crippen LogP contribution is -2.32. The van der Waals surface area contributed by atoms with Gasteiger partial charge in [-0.2, -0.15) is 5.10 Å². The van der Waals surface area contributed by atoms with E-state index in [9.17, 15) is 9.59 Å². The molecular weight excluding hydrogens is 310 g/mol. The van der Waals surface area contributed by atoms with E-state index in [1.54, 1.807) is 14.2 Å². The Labute approximate surface area is 137 Å². The van der Waals surface area contributed by atoms with Crippen LogP contribution in [0.25, 0.3) is 11.0 Å². The Morgan fingerprint density at radius 2 is 2.12 bits per heavy atom. The number of amides is 1. The SMILES string of the molecule is COc1ccccc1CNC(=O)Cn1cnc2c(cnn2C)c1=O. The van der Waals surface area contributed by atoms with Crippen LogP contribution >= 0.6 is 0 Å². The zero-order chi connectivity index (χ0) is 17.1. The highest BCUT2D eigenvalue weighted by Crippen LogP contribution is 2.16. The highest BCUT2D eigenvalue weighted by atomic mass is 16.5. The van der Waals surface area contributed by atoms with Gasteiger partial charge in [0.15, 0.2) is 5.65 Å². The largest absolute Gasteiger partial charge is 0.496 e. The maximum Gasteiger partial charge on any atom is 0.264 e. The molecule has 0 saturated heterocycles. The number of hydrogen-bond acceptors (Lipinski definition) is 5. The molecule has 8 heteroatoms. The normalized spacial score (nSPS) is 10.8. The van der Waals surface area contributed by atoms with Crippen molar-refractivity contribution in [1.82, 2.24) is 24.6 Å². The highest BCUT2D eigenvalue weighted by molar-refractivity contribution is 5.77. The molecule has 0 aliphatic carbocycles. The first-order valence-electron chi connectivity index (χ1n) is 7.36. The lowest BCUT2D eigenvalue weighted by Gasteiger charge is -2.10. The Morgan fingerprint density at radius 1 is 1.33 bits per heavy atom. The van der Waals surface area contributed by atoms with Crippen LogP contribution in [0.3, 0.4) is 0 Å². The van der Waals surface area contributed by atoms with E-state index in [2.05, 4.69) is 15.4 Å². The molecule has 0 fully saturated rings. The van der Waals surface area contributed by atoms with Crippen LogP contribution in [0.15, 0.2) is 41.6 Å². The summed E-state index contributed by atoms with van der Waals surface area (Å²) in [6, 6.07) is 7.42. The monoisotopic (exact) mass is 327 g/mol. The summed E-state index contributed by atoms with van der Waals surface area (Å²) in [5.41, 5.74) is 1.06. The molecule has 24 heavy (non-hydrogen) atoms. The van der Waals surface area contributed by atoms with E-state index in [1.807, 2.05) is 24.3 Å². The summed E-state index contributed by atoms with van der Waals surface area (Å²) in [4.78, 5) is 28.6. The van der Waals surface area contributed by atoms with Crippen LogP contribution in [0, 0.1) is 0 Å². The van der Waals surface area contributed by atoms with E-state index in [0.29, 0.717) is 23.3 Å². The third kappa shape index (κ3) is 2.98. The van der Waals surface area contributed by atoms with Gasteiger partial charge in [-0.05, 0) is 6.07 Å². The number of rotatable bonds is 5. The van der Waals surface area contributed by atoms with Crippen molar-refractivity contribution in [2.75, 3.05) is 7.11 Å². The Kier molecular flexibility index (Phi) is 4.28. The Morgan fingerprint density at radius 3 is 2.92 bits per heavy atom. The van der Waals surface area contributed by atoms with Gasteiger partial charge < -0.3 is 10.1 Å². The molecule has 1 N–H and O–H groups in total. The molecule has 3 aromatic rings. The minimum atomic E-state index is -0.291. The van der Waals surface area contributed by atoms with Gasteiger partial charge >= 0.3 is 0 Å². The summed E-state index contributed by atoms with van der Waals surface area (Å²) in [6.07, 6.45) is 2.81. The van der Waals surface area contributed by atoms with Crippen LogP contribution in [0.4, 0.5) is 0 Å². The van der Waals surface area contributed by atoms with Crippen molar-refractivity contribution < 1.29 is 9.53 Å². The van der Waals surface area contributed by atoms with E-state index in [-0.39, 0.29) is 18.0 Å². The number of para-hydroxylation sites is 1. The standard InChI is InChI=1S/C16H17N5O3/c1-20-15-12(8-19-20)16(23)21(10-18-15)9-14(22)17-7-11-5-3-4-6-13(11)24-2/h3-6,8,10H,7,9H2,1-2H3,(H,17,22). The van der Waals surface area contributed by atoms with Gasteiger partial charge in [0.2, 0.25) is 5.91 Å². The molecule has 3 rings (SSSR count). The second-order valence-electron chi connectivity index (χ2n) is 5.27. The summed E-state index contributed by atoms with van der Waals surface area (Å²) in [6.45, 7) is 0.214. The van der Waals surface area contributed by atoms with E-state index in [0.717, 1.165) is 5.56 Å². The minimum absolute atomic E-state index is 0.105. The van der Waals surface area contributed by atoms with Crippen molar-refractivity contribution in [3.63, 3.8) is 0 Å². The molecule has 2 aromatic heterocycles. The number of carbonyl (C=O) groups excluding carboxylic acids is 1. The van der Waals surface area contributed by atoms with Gasteiger partial charge in [-0.1, -0.05) is 18.2 Å². The lowest BCUT2D eigenvalue weighted by molar-refractivity contribution is -0.121. The zero-order valence-corrected chi connectivity index (χ0v) is 13.4. The summed E-state index contributed by atoms with van der Waals surface area (Å²) in [5.74, 6) is 0.418. The molecule has 2 heterocycles. The second-order valence-corrected chi connectivity index (χ2v) is 5.27. The Bertz CT molecular complexity index is 944. The highest BCUT2D eigenvalue weighted by Gasteiger charge is 2.11. The fourth-order valence-electron chi connectivity index (χ4n) is 2.43. The third-order valence-corrected chi connectivity index (χ3v) is 3.70. The van der Waals surface area contributed by atoms with E-state index in [4.69, 9.17) is 4.74 Å². The second kappa shape index (κ2) is 6.53. The number of hydrogen-bond donors (Lipinski definition) is 1. The van der Waals surface area contributed by atoms with Crippen molar-refractivity contribution >= 4 is 16.9 Å². The van der Waals surface area contributed by atoms with E-state index < -0.39 is 0 Å². The van der Waals surface area contributed by atoms with Crippen molar-refractivity contribution in [3.05, 3.63) is 52.7 Å². The van der Waals surface area contributed by atoms with Gasteiger partial charge in [-0.3, -0.25) is 18.8 Å². The predicted molar refractivity (Wildman–Crippen MR) is 87.6 cm³/mol. The zero-order valence-electron chi connectivity index (χ0n) is 13.4. The number of nitrogens with zero attached hydrogens (tertiary/aromatic N) is 4. The fraction of sp³-hybridized carbons (Fsp3) is 0.250. The van der Waals surface area contributed by atoms with Crippen molar-refractivity contribution in [2.45, 2.75) is 13.1 Å².